The molecule has 116 valence electrons. The van der Waals surface area contributed by atoms with E-state index in [2.05, 4.69) is 11.9 Å². The highest BCUT2D eigenvalue weighted by Gasteiger charge is 2.25. The van der Waals surface area contributed by atoms with E-state index in [0.29, 0.717) is 17.7 Å². The number of hydrogen-bond acceptors (Lipinski definition) is 4. The Morgan fingerprint density at radius 2 is 2.10 bits per heavy atom. The zero-order chi connectivity index (χ0) is 16.2. The third-order valence-electron chi connectivity index (χ3n) is 3.38. The third kappa shape index (κ3) is 4.49. The quantitative estimate of drug-likeness (QED) is 0.556. The number of amides is 1. The van der Waals surface area contributed by atoms with Gasteiger partial charge in [-0.2, -0.15) is 0 Å². The maximum absolute atomic E-state index is 12.1. The van der Waals surface area contributed by atoms with Crippen LogP contribution in [0.4, 0.5) is 5.69 Å². The van der Waals surface area contributed by atoms with Gasteiger partial charge in [0.2, 0.25) is 12.2 Å². The number of anilines is 1. The van der Waals surface area contributed by atoms with Crippen LogP contribution in [0.2, 0.25) is 0 Å². The summed E-state index contributed by atoms with van der Waals surface area (Å²) < 4.78 is 5.15. The first kappa shape index (κ1) is 17.0. The van der Waals surface area contributed by atoms with Crippen molar-refractivity contribution in [1.82, 2.24) is 0 Å². The molecule has 0 fully saturated rings. The molecule has 5 heteroatoms. The van der Waals surface area contributed by atoms with Gasteiger partial charge < -0.3 is 20.3 Å². The summed E-state index contributed by atoms with van der Waals surface area (Å²) in [5.74, 6) is -0.166. The predicted molar refractivity (Wildman–Crippen MR) is 82.3 cm³/mol. The predicted octanol–water partition coefficient (Wildman–Crippen LogP) is 3.04. The molecule has 5 nitrogen and oxygen atoms in total. The molecular weight excluding hydrogens is 270 g/mol. The number of hydrogen-bond donors (Lipinski definition) is 3. The second-order valence-corrected chi connectivity index (χ2v) is 5.69. The highest BCUT2D eigenvalue weighted by Crippen LogP contribution is 2.31. The summed E-state index contributed by atoms with van der Waals surface area (Å²) >= 11 is 0. The van der Waals surface area contributed by atoms with Crippen molar-refractivity contribution in [3.63, 3.8) is 0 Å². The minimum atomic E-state index is -1.18. The Kier molecular flexibility index (Phi) is 5.38. The molecule has 0 saturated carbocycles. The highest BCUT2D eigenvalue weighted by molar-refractivity contribution is 5.95. The van der Waals surface area contributed by atoms with Crippen molar-refractivity contribution in [2.45, 2.75) is 40.4 Å². The third-order valence-corrected chi connectivity index (χ3v) is 3.38. The Labute approximate surface area is 125 Å². The Hall–Kier alpha value is -2.01. The van der Waals surface area contributed by atoms with Crippen molar-refractivity contribution in [3.05, 3.63) is 30.4 Å². The van der Waals surface area contributed by atoms with E-state index in [1.165, 1.54) is 12.1 Å². The van der Waals surface area contributed by atoms with E-state index < -0.39 is 11.7 Å². The second-order valence-electron chi connectivity index (χ2n) is 5.69. The minimum absolute atomic E-state index is 0.123. The lowest BCUT2D eigenvalue weighted by Crippen LogP contribution is -2.29. The zero-order valence-electron chi connectivity index (χ0n) is 12.9. The van der Waals surface area contributed by atoms with Gasteiger partial charge in [-0.15, -0.1) is 0 Å². The molecule has 1 aromatic carbocycles. The van der Waals surface area contributed by atoms with Gasteiger partial charge in [0, 0.05) is 17.2 Å². The van der Waals surface area contributed by atoms with Gasteiger partial charge >= 0.3 is 0 Å². The molecule has 0 heterocycles. The molecule has 0 radical (unpaired) electrons. The van der Waals surface area contributed by atoms with E-state index in [0.717, 1.165) is 0 Å². The monoisotopic (exact) mass is 293 g/mol. The summed E-state index contributed by atoms with van der Waals surface area (Å²) in [5, 5.41) is 22.2. The van der Waals surface area contributed by atoms with E-state index in [4.69, 9.17) is 4.74 Å². The van der Waals surface area contributed by atoms with Crippen LogP contribution in [-0.4, -0.2) is 22.4 Å². The highest BCUT2D eigenvalue weighted by atomic mass is 16.6. The molecule has 21 heavy (non-hydrogen) atoms. The summed E-state index contributed by atoms with van der Waals surface area (Å²) in [6, 6.07) is 4.46. The van der Waals surface area contributed by atoms with Gasteiger partial charge in [-0.25, -0.2) is 0 Å². The summed E-state index contributed by atoms with van der Waals surface area (Å²) in [6.45, 7) is 10.8. The maximum atomic E-state index is 12.1. The smallest absolute Gasteiger partial charge is 0.230 e. The van der Waals surface area contributed by atoms with Gasteiger partial charge in [0.1, 0.15) is 0 Å². The van der Waals surface area contributed by atoms with E-state index in [-0.39, 0.29) is 17.4 Å². The van der Waals surface area contributed by atoms with Crippen LogP contribution in [0.15, 0.2) is 30.4 Å². The van der Waals surface area contributed by atoms with Crippen LogP contribution in [0.25, 0.3) is 0 Å². The van der Waals surface area contributed by atoms with Gasteiger partial charge in [-0.1, -0.05) is 27.4 Å². The standard InChI is InChI=1S/C16H23NO4/c1-6-16(4,5)15(20)17-11-7-8-13(12(18)9-11)21-14(19)10(2)3/h7-9,14,18-19H,2,6H2,1,3-5H3,(H,17,20). The number of carbonyl (C=O) groups is 1. The number of rotatable bonds is 6. The van der Waals surface area contributed by atoms with Crippen LogP contribution >= 0.6 is 0 Å². The maximum Gasteiger partial charge on any atom is 0.230 e. The van der Waals surface area contributed by atoms with Crippen LogP contribution in [-0.2, 0) is 4.79 Å². The number of aliphatic hydroxyl groups excluding tert-OH is 1. The van der Waals surface area contributed by atoms with Gasteiger partial charge in [0.05, 0.1) is 0 Å². The first-order valence-corrected chi connectivity index (χ1v) is 6.82. The summed E-state index contributed by atoms with van der Waals surface area (Å²) in [5.41, 5.74) is 0.411. The van der Waals surface area contributed by atoms with Crippen LogP contribution in [0.3, 0.4) is 0 Å². The normalized spacial score (nSPS) is 12.6. The van der Waals surface area contributed by atoms with Crippen LogP contribution in [0.5, 0.6) is 11.5 Å². The lowest BCUT2D eigenvalue weighted by Gasteiger charge is -2.21. The molecule has 0 bridgehead atoms. The van der Waals surface area contributed by atoms with Crippen molar-refractivity contribution in [2.24, 2.45) is 5.41 Å². The average Bonchev–Trinajstić information content (AvgIpc) is 2.41. The van der Waals surface area contributed by atoms with Crippen molar-refractivity contribution in [2.75, 3.05) is 5.32 Å². The number of carbonyl (C=O) groups excluding carboxylic acids is 1. The number of benzene rings is 1. The fourth-order valence-corrected chi connectivity index (χ4v) is 1.38. The summed E-state index contributed by atoms with van der Waals surface area (Å²) in [7, 11) is 0. The largest absolute Gasteiger partial charge is 0.504 e. The Morgan fingerprint density at radius 1 is 1.48 bits per heavy atom. The number of ether oxygens (including phenoxy) is 1. The van der Waals surface area contributed by atoms with Gasteiger partial charge in [0.15, 0.2) is 11.5 Å². The van der Waals surface area contributed by atoms with Crippen LogP contribution in [0, 0.1) is 5.41 Å². The lowest BCUT2D eigenvalue weighted by molar-refractivity contribution is -0.124. The number of nitrogens with one attached hydrogen (secondary N) is 1. The average molecular weight is 293 g/mol. The Bertz CT molecular complexity index is 537. The number of aliphatic hydroxyl groups is 1. The molecule has 1 unspecified atom stereocenters. The SMILES string of the molecule is C=C(C)C(O)Oc1ccc(NC(=O)C(C)(C)CC)cc1O. The molecule has 1 aromatic rings. The summed E-state index contributed by atoms with van der Waals surface area (Å²) in [6.07, 6.45) is -0.480. The molecule has 1 amide bonds. The summed E-state index contributed by atoms with van der Waals surface area (Å²) in [4.78, 5) is 12.1. The zero-order valence-corrected chi connectivity index (χ0v) is 12.9. The Balaban J connectivity index is 2.83. The number of phenols is 1. The van der Waals surface area contributed by atoms with Crippen LogP contribution in [0.1, 0.15) is 34.1 Å². The van der Waals surface area contributed by atoms with Crippen molar-refractivity contribution in [3.8, 4) is 11.5 Å². The van der Waals surface area contributed by atoms with Crippen molar-refractivity contribution < 1.29 is 19.7 Å². The first-order valence-electron chi connectivity index (χ1n) is 6.82. The number of aromatic hydroxyl groups is 1. The molecule has 0 aliphatic rings. The molecule has 0 aliphatic heterocycles. The Morgan fingerprint density at radius 3 is 2.57 bits per heavy atom. The van der Waals surface area contributed by atoms with E-state index in [9.17, 15) is 15.0 Å². The lowest BCUT2D eigenvalue weighted by atomic mass is 9.89. The minimum Gasteiger partial charge on any atom is -0.504 e. The van der Waals surface area contributed by atoms with Crippen molar-refractivity contribution >= 4 is 11.6 Å². The fourth-order valence-electron chi connectivity index (χ4n) is 1.38. The molecular formula is C16H23NO4. The van der Waals surface area contributed by atoms with E-state index >= 15 is 0 Å². The molecule has 1 atom stereocenters. The van der Waals surface area contributed by atoms with E-state index in [1.54, 1.807) is 13.0 Å². The van der Waals surface area contributed by atoms with Gasteiger partial charge in [-0.05, 0) is 31.1 Å². The van der Waals surface area contributed by atoms with Crippen LogP contribution < -0.4 is 10.1 Å². The topological polar surface area (TPSA) is 78.8 Å². The molecule has 3 N–H and O–H groups in total. The van der Waals surface area contributed by atoms with Gasteiger partial charge in [0.25, 0.3) is 0 Å². The molecule has 0 aliphatic carbocycles. The second kappa shape index (κ2) is 6.63. The van der Waals surface area contributed by atoms with Gasteiger partial charge in [-0.3, -0.25) is 4.79 Å². The molecule has 1 rings (SSSR count). The van der Waals surface area contributed by atoms with Crippen molar-refractivity contribution in [1.29, 1.82) is 0 Å². The van der Waals surface area contributed by atoms with E-state index in [1.807, 2.05) is 20.8 Å². The first-order chi connectivity index (χ1) is 9.67. The fraction of sp³-hybridized carbons (Fsp3) is 0.438. The molecule has 0 spiro atoms. The molecule has 0 saturated heterocycles. The number of phenolic OH excluding ortho intramolecular Hbond substituents is 1. The molecule has 0 aromatic heterocycles.